The molecule has 0 fully saturated rings. The van der Waals surface area contributed by atoms with Crippen LogP contribution in [0.3, 0.4) is 0 Å². The number of carbonyl (C=O) groups excluding carboxylic acids is 2. The third-order valence-corrected chi connectivity index (χ3v) is 6.74. The maximum absolute atomic E-state index is 14.0. The van der Waals surface area contributed by atoms with Gasteiger partial charge in [-0.15, -0.1) is 0 Å². The second kappa shape index (κ2) is 6.86. The van der Waals surface area contributed by atoms with Crippen LogP contribution in [0.4, 0.5) is 0 Å². The molecule has 7 heteroatoms. The molecule has 0 spiro atoms. The minimum absolute atomic E-state index is 0.108. The molecule has 0 radical (unpaired) electrons. The fraction of sp³-hybridized carbons (Fsp3) is 0.320. The average Bonchev–Trinajstić information content (AvgIpc) is 2.78. The van der Waals surface area contributed by atoms with E-state index in [9.17, 15) is 20.0 Å². The van der Waals surface area contributed by atoms with E-state index in [0.717, 1.165) is 0 Å². The molecule has 0 unspecified atom stereocenters. The van der Waals surface area contributed by atoms with Crippen LogP contribution in [0.25, 0.3) is 5.76 Å². The van der Waals surface area contributed by atoms with Gasteiger partial charge in [-0.2, -0.15) is 5.26 Å². The Bertz CT molecular complexity index is 1280. The zero-order valence-electron chi connectivity index (χ0n) is 18.7. The standard InChI is InChI=1S/C25H23NO6/c1-12-7-13(30-4)8-15-18(12)21(27)20-22(28)19-16(9-14(31-5)10-17(19)32-6)24(2,3)25(20,11-26)23(15)29/h7-10,28H,1-6H3/t25-/m1/s1. The van der Waals surface area contributed by atoms with E-state index in [2.05, 4.69) is 6.07 Å². The Morgan fingerprint density at radius 2 is 1.56 bits per heavy atom. The van der Waals surface area contributed by atoms with Crippen LogP contribution in [0.15, 0.2) is 29.8 Å². The van der Waals surface area contributed by atoms with Crippen LogP contribution in [-0.2, 0) is 5.41 Å². The summed E-state index contributed by atoms with van der Waals surface area (Å²) in [5.41, 5.74) is -1.85. The summed E-state index contributed by atoms with van der Waals surface area (Å²) in [4.78, 5) is 27.8. The van der Waals surface area contributed by atoms with Crippen molar-refractivity contribution in [1.82, 2.24) is 0 Å². The number of hydrogen-bond acceptors (Lipinski definition) is 7. The van der Waals surface area contributed by atoms with Crippen molar-refractivity contribution < 1.29 is 28.9 Å². The molecule has 4 rings (SSSR count). The predicted octanol–water partition coefficient (Wildman–Crippen LogP) is 4.17. The number of fused-ring (bicyclic) bond motifs is 3. The lowest BCUT2D eigenvalue weighted by Crippen LogP contribution is -2.55. The van der Waals surface area contributed by atoms with Gasteiger partial charge in [0.05, 0.1) is 38.5 Å². The van der Waals surface area contributed by atoms with Crippen LogP contribution in [0.5, 0.6) is 17.2 Å². The van der Waals surface area contributed by atoms with Gasteiger partial charge in [0, 0.05) is 22.6 Å². The van der Waals surface area contributed by atoms with E-state index in [1.807, 2.05) is 0 Å². The molecule has 2 aliphatic carbocycles. The van der Waals surface area contributed by atoms with Gasteiger partial charge in [-0.1, -0.05) is 13.8 Å². The van der Waals surface area contributed by atoms with Crippen LogP contribution in [0.1, 0.15) is 51.3 Å². The summed E-state index contributed by atoms with van der Waals surface area (Å²) in [6.45, 7) is 5.12. The molecule has 0 amide bonds. The zero-order valence-corrected chi connectivity index (χ0v) is 18.7. The molecular weight excluding hydrogens is 410 g/mol. The van der Waals surface area contributed by atoms with E-state index in [1.54, 1.807) is 39.0 Å². The lowest BCUT2D eigenvalue weighted by molar-refractivity contribution is 0.0748. The summed E-state index contributed by atoms with van der Waals surface area (Å²) >= 11 is 0. The van der Waals surface area contributed by atoms with Crippen molar-refractivity contribution in [2.75, 3.05) is 21.3 Å². The average molecular weight is 433 g/mol. The number of aliphatic hydroxyl groups is 1. The first kappa shape index (κ1) is 21.4. The van der Waals surface area contributed by atoms with Gasteiger partial charge in [0.1, 0.15) is 23.0 Å². The molecule has 32 heavy (non-hydrogen) atoms. The van der Waals surface area contributed by atoms with Gasteiger partial charge in [0.15, 0.2) is 17.0 Å². The van der Waals surface area contributed by atoms with Crippen molar-refractivity contribution in [3.8, 4) is 23.3 Å². The Morgan fingerprint density at radius 1 is 0.938 bits per heavy atom. The van der Waals surface area contributed by atoms with Crippen molar-refractivity contribution in [3.63, 3.8) is 0 Å². The number of rotatable bonds is 3. The van der Waals surface area contributed by atoms with Crippen molar-refractivity contribution in [2.45, 2.75) is 26.2 Å². The summed E-state index contributed by atoms with van der Waals surface area (Å²) in [7, 11) is 4.39. The van der Waals surface area contributed by atoms with Crippen molar-refractivity contribution in [2.24, 2.45) is 5.41 Å². The summed E-state index contributed by atoms with van der Waals surface area (Å²) in [6, 6.07) is 8.50. The molecule has 0 aliphatic heterocycles. The number of ether oxygens (including phenoxy) is 3. The monoisotopic (exact) mass is 433 g/mol. The molecular formula is C25H23NO6. The highest BCUT2D eigenvalue weighted by molar-refractivity contribution is 6.30. The van der Waals surface area contributed by atoms with E-state index in [4.69, 9.17) is 14.2 Å². The lowest BCUT2D eigenvalue weighted by Gasteiger charge is -2.48. The Morgan fingerprint density at radius 3 is 2.12 bits per heavy atom. The Labute approximate surface area is 185 Å². The number of Topliss-reactive ketones (excluding diaryl/α,β-unsaturated/α-hetero) is 2. The van der Waals surface area contributed by atoms with Gasteiger partial charge in [-0.3, -0.25) is 9.59 Å². The summed E-state index contributed by atoms with van der Waals surface area (Å²) in [5, 5.41) is 21.8. The number of nitrogens with zero attached hydrogens (tertiary/aromatic N) is 1. The van der Waals surface area contributed by atoms with E-state index in [0.29, 0.717) is 22.6 Å². The molecule has 1 N–H and O–H groups in total. The summed E-state index contributed by atoms with van der Waals surface area (Å²) in [5.74, 6) is -0.429. The van der Waals surface area contributed by atoms with E-state index >= 15 is 0 Å². The molecule has 2 aromatic rings. The SMILES string of the molecule is COc1cc(C)c2c(c1)C(=O)[C@@]1(C#N)C(=C(O)c3c(OC)cc(OC)cc3C1(C)C)C2=O. The van der Waals surface area contributed by atoms with Crippen LogP contribution < -0.4 is 14.2 Å². The van der Waals surface area contributed by atoms with E-state index < -0.39 is 28.2 Å². The molecule has 0 saturated carbocycles. The minimum atomic E-state index is -1.95. The highest BCUT2D eigenvalue weighted by Crippen LogP contribution is 2.60. The molecule has 0 bridgehead atoms. The van der Waals surface area contributed by atoms with Gasteiger partial charge < -0.3 is 19.3 Å². The molecule has 0 saturated heterocycles. The van der Waals surface area contributed by atoms with Gasteiger partial charge in [-0.25, -0.2) is 0 Å². The second-order valence-corrected chi connectivity index (χ2v) is 8.49. The largest absolute Gasteiger partial charge is 0.507 e. The maximum Gasteiger partial charge on any atom is 0.195 e. The van der Waals surface area contributed by atoms with E-state index in [1.165, 1.54) is 27.4 Å². The molecule has 7 nitrogen and oxygen atoms in total. The summed E-state index contributed by atoms with van der Waals surface area (Å²) in [6.07, 6.45) is 0. The maximum atomic E-state index is 14.0. The quantitative estimate of drug-likeness (QED) is 0.774. The second-order valence-electron chi connectivity index (χ2n) is 8.49. The number of hydrogen-bond donors (Lipinski definition) is 1. The number of benzene rings is 2. The van der Waals surface area contributed by atoms with E-state index in [-0.39, 0.29) is 28.0 Å². The van der Waals surface area contributed by atoms with Gasteiger partial charge in [0.2, 0.25) is 0 Å². The number of ketones is 2. The number of aliphatic hydroxyl groups excluding tert-OH is 1. The minimum Gasteiger partial charge on any atom is -0.507 e. The smallest absolute Gasteiger partial charge is 0.195 e. The van der Waals surface area contributed by atoms with Crippen molar-refractivity contribution >= 4 is 17.3 Å². The third kappa shape index (κ3) is 2.35. The van der Waals surface area contributed by atoms with Crippen LogP contribution in [-0.4, -0.2) is 38.0 Å². The normalized spacial score (nSPS) is 20.7. The number of nitriles is 1. The van der Waals surface area contributed by atoms with Crippen LogP contribution in [0.2, 0.25) is 0 Å². The molecule has 164 valence electrons. The Hall–Kier alpha value is -3.79. The first-order chi connectivity index (χ1) is 15.1. The first-order valence-corrected chi connectivity index (χ1v) is 10.0. The fourth-order valence-corrected chi connectivity index (χ4v) is 5.02. The molecule has 2 aliphatic rings. The highest BCUT2D eigenvalue weighted by Gasteiger charge is 2.64. The number of methoxy groups -OCH3 is 3. The predicted molar refractivity (Wildman–Crippen MR) is 117 cm³/mol. The molecule has 1 atom stereocenters. The van der Waals surface area contributed by atoms with Gasteiger partial charge in [-0.05, 0) is 36.2 Å². The Balaban J connectivity index is 2.20. The molecule has 0 aromatic heterocycles. The van der Waals surface area contributed by atoms with Crippen LogP contribution in [0, 0.1) is 23.7 Å². The first-order valence-electron chi connectivity index (χ1n) is 10.0. The van der Waals surface area contributed by atoms with Gasteiger partial charge >= 0.3 is 0 Å². The number of aryl methyl sites for hydroxylation is 1. The molecule has 0 heterocycles. The zero-order chi connectivity index (χ0) is 23.6. The lowest BCUT2D eigenvalue weighted by atomic mass is 9.49. The fourth-order valence-electron chi connectivity index (χ4n) is 5.02. The van der Waals surface area contributed by atoms with Crippen LogP contribution >= 0.6 is 0 Å². The topological polar surface area (TPSA) is 106 Å². The molecule has 2 aromatic carbocycles. The third-order valence-electron chi connectivity index (χ3n) is 6.74. The van der Waals surface area contributed by atoms with Crippen molar-refractivity contribution in [1.29, 1.82) is 5.26 Å². The number of allylic oxidation sites excluding steroid dienone is 1. The number of carbonyl (C=O) groups is 2. The van der Waals surface area contributed by atoms with Gasteiger partial charge in [0.25, 0.3) is 0 Å². The Kier molecular flexibility index (Phi) is 4.59. The summed E-state index contributed by atoms with van der Waals surface area (Å²) < 4.78 is 16.2. The van der Waals surface area contributed by atoms with Crippen molar-refractivity contribution in [3.05, 3.63) is 57.7 Å². The highest BCUT2D eigenvalue weighted by atomic mass is 16.5.